The van der Waals surface area contributed by atoms with Gasteiger partial charge in [0.1, 0.15) is 5.75 Å². The topological polar surface area (TPSA) is 63.2 Å². The van der Waals surface area contributed by atoms with Crippen molar-refractivity contribution in [3.05, 3.63) is 83.6 Å². The molecule has 5 nitrogen and oxygen atoms in total. The van der Waals surface area contributed by atoms with Crippen LogP contribution in [0.25, 0.3) is 0 Å². The van der Waals surface area contributed by atoms with Crippen LogP contribution in [0.1, 0.15) is 5.69 Å². The number of halogens is 1. The van der Waals surface area contributed by atoms with Crippen molar-refractivity contribution in [2.75, 3.05) is 17.2 Å². The second-order valence-electron chi connectivity index (χ2n) is 5.54. The number of hydrogen-bond donors (Lipinski definition) is 2. The van der Waals surface area contributed by atoms with Crippen LogP contribution in [0.4, 0.5) is 11.4 Å². The van der Waals surface area contributed by atoms with E-state index in [0.29, 0.717) is 23.0 Å². The highest BCUT2D eigenvalue weighted by atomic mass is 35.5. The van der Waals surface area contributed by atoms with Gasteiger partial charge in [0.2, 0.25) is 0 Å². The second kappa shape index (κ2) is 8.87. The van der Waals surface area contributed by atoms with Crippen LogP contribution in [-0.2, 0) is 11.3 Å². The van der Waals surface area contributed by atoms with Gasteiger partial charge >= 0.3 is 0 Å². The third-order valence-corrected chi connectivity index (χ3v) is 3.80. The van der Waals surface area contributed by atoms with Gasteiger partial charge in [0, 0.05) is 22.6 Å². The number of amides is 1. The van der Waals surface area contributed by atoms with E-state index in [9.17, 15) is 4.79 Å². The van der Waals surface area contributed by atoms with Gasteiger partial charge in [0.25, 0.3) is 5.91 Å². The van der Waals surface area contributed by atoms with Crippen molar-refractivity contribution >= 4 is 28.9 Å². The third kappa shape index (κ3) is 5.50. The predicted molar refractivity (Wildman–Crippen MR) is 104 cm³/mol. The van der Waals surface area contributed by atoms with Gasteiger partial charge in [-0.15, -0.1) is 0 Å². The maximum atomic E-state index is 12.0. The van der Waals surface area contributed by atoms with Gasteiger partial charge in [-0.25, -0.2) is 0 Å². The lowest BCUT2D eigenvalue weighted by molar-refractivity contribution is -0.118. The summed E-state index contributed by atoms with van der Waals surface area (Å²) in [5.74, 6) is 0.368. The van der Waals surface area contributed by atoms with Crippen LogP contribution in [0.15, 0.2) is 72.9 Å². The molecule has 0 radical (unpaired) electrons. The summed E-state index contributed by atoms with van der Waals surface area (Å²) >= 11 is 5.81. The molecule has 1 heterocycles. The lowest BCUT2D eigenvalue weighted by Crippen LogP contribution is -2.20. The van der Waals surface area contributed by atoms with E-state index in [1.807, 2.05) is 42.5 Å². The summed E-state index contributed by atoms with van der Waals surface area (Å²) in [5.41, 5.74) is 2.62. The molecule has 2 N–H and O–H groups in total. The molecule has 0 atom stereocenters. The summed E-state index contributed by atoms with van der Waals surface area (Å²) in [7, 11) is 0. The summed E-state index contributed by atoms with van der Waals surface area (Å²) in [6, 6.07) is 20.1. The standard InChI is InChI=1S/C20H18ClN3O2/c21-15-4-10-19(11-5-15)26-14-20(25)24-17-8-6-16(7-9-17)23-13-18-3-1-2-12-22-18/h1-12,23H,13-14H2,(H,24,25). The first-order chi connectivity index (χ1) is 12.7. The average molecular weight is 368 g/mol. The summed E-state index contributed by atoms with van der Waals surface area (Å²) < 4.78 is 5.42. The number of anilines is 2. The lowest BCUT2D eigenvalue weighted by Gasteiger charge is -2.09. The molecular formula is C20H18ClN3O2. The first kappa shape index (κ1) is 17.8. The molecule has 0 saturated carbocycles. The molecule has 0 aliphatic carbocycles. The molecule has 0 unspecified atom stereocenters. The summed E-state index contributed by atoms with van der Waals surface area (Å²) in [6.45, 7) is 0.572. The second-order valence-corrected chi connectivity index (χ2v) is 5.98. The Morgan fingerprint density at radius 1 is 0.962 bits per heavy atom. The molecule has 0 saturated heterocycles. The van der Waals surface area contributed by atoms with Crippen LogP contribution in [0.5, 0.6) is 5.75 Å². The monoisotopic (exact) mass is 367 g/mol. The molecule has 0 spiro atoms. The van der Waals surface area contributed by atoms with Crippen LogP contribution in [0.3, 0.4) is 0 Å². The van der Waals surface area contributed by atoms with Crippen molar-refractivity contribution in [3.63, 3.8) is 0 Å². The molecule has 3 aromatic rings. The molecule has 1 amide bonds. The van der Waals surface area contributed by atoms with E-state index < -0.39 is 0 Å². The molecular weight excluding hydrogens is 350 g/mol. The molecule has 2 aromatic carbocycles. The number of carbonyl (C=O) groups is 1. The van der Waals surface area contributed by atoms with E-state index in [2.05, 4.69) is 15.6 Å². The van der Waals surface area contributed by atoms with Crippen LogP contribution < -0.4 is 15.4 Å². The van der Waals surface area contributed by atoms with Crippen molar-refractivity contribution in [2.45, 2.75) is 6.54 Å². The molecule has 0 aliphatic rings. The fraction of sp³-hybridized carbons (Fsp3) is 0.100. The third-order valence-electron chi connectivity index (χ3n) is 3.55. The van der Waals surface area contributed by atoms with Crippen molar-refractivity contribution in [2.24, 2.45) is 0 Å². The van der Waals surface area contributed by atoms with Crippen molar-refractivity contribution in [1.29, 1.82) is 0 Å². The quantitative estimate of drug-likeness (QED) is 0.651. The fourth-order valence-corrected chi connectivity index (χ4v) is 2.37. The average Bonchev–Trinajstić information content (AvgIpc) is 2.68. The first-order valence-electron chi connectivity index (χ1n) is 8.11. The van der Waals surface area contributed by atoms with Crippen molar-refractivity contribution < 1.29 is 9.53 Å². The van der Waals surface area contributed by atoms with Gasteiger partial charge in [-0.1, -0.05) is 17.7 Å². The Labute approximate surface area is 157 Å². The molecule has 132 valence electrons. The van der Waals surface area contributed by atoms with Crippen LogP contribution in [0, 0.1) is 0 Å². The van der Waals surface area contributed by atoms with Gasteiger partial charge in [0.05, 0.1) is 12.2 Å². The highest BCUT2D eigenvalue weighted by Crippen LogP contribution is 2.16. The normalized spacial score (nSPS) is 10.2. The van der Waals surface area contributed by atoms with Gasteiger partial charge in [0.15, 0.2) is 6.61 Å². The number of hydrogen-bond acceptors (Lipinski definition) is 4. The largest absolute Gasteiger partial charge is 0.484 e. The van der Waals surface area contributed by atoms with Crippen molar-refractivity contribution in [1.82, 2.24) is 4.98 Å². The molecule has 3 rings (SSSR count). The van der Waals surface area contributed by atoms with Gasteiger partial charge in [-0.2, -0.15) is 0 Å². The fourth-order valence-electron chi connectivity index (χ4n) is 2.24. The maximum absolute atomic E-state index is 12.0. The van der Waals surface area contributed by atoms with Gasteiger partial charge in [-0.3, -0.25) is 9.78 Å². The molecule has 0 aliphatic heterocycles. The molecule has 0 bridgehead atoms. The van der Waals surface area contributed by atoms with Crippen molar-refractivity contribution in [3.8, 4) is 5.75 Å². The summed E-state index contributed by atoms with van der Waals surface area (Å²) in [4.78, 5) is 16.2. The van der Waals surface area contributed by atoms with Gasteiger partial charge < -0.3 is 15.4 Å². The highest BCUT2D eigenvalue weighted by Gasteiger charge is 2.04. The summed E-state index contributed by atoms with van der Waals surface area (Å²) in [5, 5.41) is 6.70. The molecule has 0 fully saturated rings. The SMILES string of the molecule is O=C(COc1ccc(Cl)cc1)Nc1ccc(NCc2ccccn2)cc1. The highest BCUT2D eigenvalue weighted by molar-refractivity contribution is 6.30. The Balaban J connectivity index is 1.45. The van der Waals surface area contributed by atoms with E-state index in [1.54, 1.807) is 30.5 Å². The summed E-state index contributed by atoms with van der Waals surface area (Å²) in [6.07, 6.45) is 1.77. The minimum absolute atomic E-state index is 0.0681. The molecule has 26 heavy (non-hydrogen) atoms. The predicted octanol–water partition coefficient (Wildman–Crippen LogP) is 4.36. The Morgan fingerprint density at radius 2 is 1.69 bits per heavy atom. The van der Waals surface area contributed by atoms with Crippen LogP contribution in [-0.4, -0.2) is 17.5 Å². The zero-order valence-electron chi connectivity index (χ0n) is 14.0. The molecule has 1 aromatic heterocycles. The Morgan fingerprint density at radius 3 is 2.38 bits per heavy atom. The Hall–Kier alpha value is -3.05. The Kier molecular flexibility index (Phi) is 6.06. The van der Waals surface area contributed by atoms with E-state index in [0.717, 1.165) is 11.4 Å². The number of ether oxygens (including phenoxy) is 1. The number of nitrogens with one attached hydrogen (secondary N) is 2. The number of aromatic nitrogens is 1. The molecule has 6 heteroatoms. The first-order valence-corrected chi connectivity index (χ1v) is 8.49. The minimum atomic E-state index is -0.228. The smallest absolute Gasteiger partial charge is 0.262 e. The van der Waals surface area contributed by atoms with E-state index in [4.69, 9.17) is 16.3 Å². The maximum Gasteiger partial charge on any atom is 0.262 e. The number of nitrogens with zero attached hydrogens (tertiary/aromatic N) is 1. The Bertz CT molecular complexity index is 837. The van der Waals surface area contributed by atoms with Crippen LogP contribution >= 0.6 is 11.6 Å². The van der Waals surface area contributed by atoms with Crippen LogP contribution in [0.2, 0.25) is 5.02 Å². The zero-order chi connectivity index (χ0) is 18.2. The van der Waals surface area contributed by atoms with E-state index in [1.165, 1.54) is 0 Å². The lowest BCUT2D eigenvalue weighted by atomic mass is 10.2. The minimum Gasteiger partial charge on any atom is -0.484 e. The zero-order valence-corrected chi connectivity index (χ0v) is 14.7. The number of pyridine rings is 1. The number of carbonyl (C=O) groups excluding carboxylic acids is 1. The number of rotatable bonds is 7. The van der Waals surface area contributed by atoms with E-state index in [-0.39, 0.29) is 12.5 Å². The van der Waals surface area contributed by atoms with Gasteiger partial charge in [-0.05, 0) is 60.7 Å². The van der Waals surface area contributed by atoms with E-state index >= 15 is 0 Å². The number of benzene rings is 2.